The third-order valence-electron chi connectivity index (χ3n) is 2.94. The van der Waals surface area contributed by atoms with Crippen molar-refractivity contribution < 1.29 is 9.84 Å². The largest absolute Gasteiger partial charge is 0.392 e. The molecule has 3 atom stereocenters. The van der Waals surface area contributed by atoms with E-state index >= 15 is 0 Å². The summed E-state index contributed by atoms with van der Waals surface area (Å²) in [4.78, 5) is 0. The Kier molecular flexibility index (Phi) is 5.45. The van der Waals surface area contributed by atoms with E-state index < -0.39 is 0 Å². The Morgan fingerprint density at radius 1 is 1.43 bits per heavy atom. The normalized spacial score (nSPS) is 26.4. The number of nitrogens with one attached hydrogen (secondary N) is 1. The zero-order valence-electron chi connectivity index (χ0n) is 9.33. The van der Waals surface area contributed by atoms with E-state index in [9.17, 15) is 5.11 Å². The quantitative estimate of drug-likeness (QED) is 0.680. The first-order valence-electron chi connectivity index (χ1n) is 5.81. The maximum atomic E-state index is 9.44. The lowest BCUT2D eigenvalue weighted by Crippen LogP contribution is -2.42. The van der Waals surface area contributed by atoms with Crippen LogP contribution in [0.5, 0.6) is 0 Å². The maximum absolute atomic E-state index is 9.44. The summed E-state index contributed by atoms with van der Waals surface area (Å²) in [5, 5.41) is 12.8. The van der Waals surface area contributed by atoms with Crippen molar-refractivity contribution in [2.75, 3.05) is 13.2 Å². The molecule has 2 N–H and O–H groups in total. The lowest BCUT2D eigenvalue weighted by atomic mass is 10.1. The Labute approximate surface area is 86.8 Å². The highest BCUT2D eigenvalue weighted by atomic mass is 16.5. The average Bonchev–Trinajstić information content (AvgIpc) is 2.72. The average molecular weight is 201 g/mol. The van der Waals surface area contributed by atoms with Crippen molar-refractivity contribution in [2.24, 2.45) is 0 Å². The van der Waals surface area contributed by atoms with Crippen LogP contribution in [0.4, 0.5) is 0 Å². The minimum Gasteiger partial charge on any atom is -0.392 e. The minimum atomic E-state index is -0.217. The molecule has 0 unspecified atom stereocenters. The summed E-state index contributed by atoms with van der Waals surface area (Å²) in [5.74, 6) is 0. The summed E-state index contributed by atoms with van der Waals surface area (Å²) in [7, 11) is 0. The van der Waals surface area contributed by atoms with Crippen LogP contribution in [0, 0.1) is 0 Å². The molecule has 1 fully saturated rings. The van der Waals surface area contributed by atoms with Crippen LogP contribution >= 0.6 is 0 Å². The summed E-state index contributed by atoms with van der Waals surface area (Å²) in [6.45, 7) is 5.76. The van der Waals surface area contributed by atoms with Crippen molar-refractivity contribution in [3.05, 3.63) is 0 Å². The minimum absolute atomic E-state index is 0.217. The van der Waals surface area contributed by atoms with E-state index in [0.29, 0.717) is 18.7 Å². The fourth-order valence-corrected chi connectivity index (χ4v) is 1.89. The summed E-state index contributed by atoms with van der Waals surface area (Å²) in [6, 6.07) is 0.415. The second-order valence-corrected chi connectivity index (χ2v) is 4.04. The van der Waals surface area contributed by atoms with Crippen molar-refractivity contribution in [3.63, 3.8) is 0 Å². The van der Waals surface area contributed by atoms with E-state index in [4.69, 9.17) is 4.74 Å². The fourth-order valence-electron chi connectivity index (χ4n) is 1.89. The highest BCUT2D eigenvalue weighted by Crippen LogP contribution is 2.17. The van der Waals surface area contributed by atoms with Crippen molar-refractivity contribution in [2.45, 2.75) is 57.8 Å². The van der Waals surface area contributed by atoms with E-state index in [2.05, 4.69) is 12.2 Å². The molecule has 14 heavy (non-hydrogen) atoms. The standard InChI is InChI=1S/C11H23NO2/c1-3-9(13)8-12-10(4-2)11-6-5-7-14-11/h9-13H,3-8H2,1-2H3/t9-,10+,11-/m1/s1. The first-order chi connectivity index (χ1) is 6.77. The van der Waals surface area contributed by atoms with Gasteiger partial charge in [-0.15, -0.1) is 0 Å². The molecule has 1 heterocycles. The molecule has 0 aromatic heterocycles. The Hall–Kier alpha value is -0.120. The predicted molar refractivity (Wildman–Crippen MR) is 57.4 cm³/mol. The fraction of sp³-hybridized carbons (Fsp3) is 1.00. The van der Waals surface area contributed by atoms with Crippen LogP contribution in [-0.4, -0.2) is 36.5 Å². The molecule has 0 aromatic rings. The third kappa shape index (κ3) is 3.56. The van der Waals surface area contributed by atoms with Crippen LogP contribution in [0.1, 0.15) is 39.5 Å². The molecule has 3 nitrogen and oxygen atoms in total. The number of ether oxygens (including phenoxy) is 1. The smallest absolute Gasteiger partial charge is 0.0728 e. The Morgan fingerprint density at radius 2 is 2.21 bits per heavy atom. The highest BCUT2D eigenvalue weighted by Gasteiger charge is 2.24. The monoisotopic (exact) mass is 201 g/mol. The zero-order chi connectivity index (χ0) is 10.4. The molecule has 1 aliphatic rings. The summed E-state index contributed by atoms with van der Waals surface area (Å²) in [6.07, 6.45) is 4.37. The first kappa shape index (κ1) is 12.0. The van der Waals surface area contributed by atoms with Crippen LogP contribution in [0.3, 0.4) is 0 Å². The van der Waals surface area contributed by atoms with E-state index in [1.807, 2.05) is 6.92 Å². The lowest BCUT2D eigenvalue weighted by Gasteiger charge is -2.24. The van der Waals surface area contributed by atoms with Crippen LogP contribution in [0.25, 0.3) is 0 Å². The summed E-state index contributed by atoms with van der Waals surface area (Å²) >= 11 is 0. The number of aliphatic hydroxyl groups is 1. The molecule has 0 saturated carbocycles. The molecule has 0 radical (unpaired) electrons. The summed E-state index contributed by atoms with van der Waals surface area (Å²) in [5.41, 5.74) is 0. The Balaban J connectivity index is 2.23. The van der Waals surface area contributed by atoms with Crippen LogP contribution in [-0.2, 0) is 4.74 Å². The van der Waals surface area contributed by atoms with Gasteiger partial charge in [0.2, 0.25) is 0 Å². The van der Waals surface area contributed by atoms with Crippen molar-refractivity contribution >= 4 is 0 Å². The van der Waals surface area contributed by atoms with Gasteiger partial charge in [-0.05, 0) is 25.7 Å². The van der Waals surface area contributed by atoms with Crippen molar-refractivity contribution in [1.29, 1.82) is 0 Å². The van der Waals surface area contributed by atoms with Crippen LogP contribution in [0.2, 0.25) is 0 Å². The molecule has 3 heteroatoms. The van der Waals surface area contributed by atoms with Gasteiger partial charge < -0.3 is 15.2 Å². The van der Waals surface area contributed by atoms with E-state index in [1.165, 1.54) is 6.42 Å². The molecule has 1 saturated heterocycles. The SMILES string of the molecule is CC[C@@H](O)CN[C@@H](CC)[C@H]1CCCO1. The molecule has 0 aromatic carbocycles. The van der Waals surface area contributed by atoms with E-state index in [-0.39, 0.29) is 6.10 Å². The highest BCUT2D eigenvalue weighted by molar-refractivity contribution is 4.80. The zero-order valence-corrected chi connectivity index (χ0v) is 9.33. The van der Waals surface area contributed by atoms with E-state index in [0.717, 1.165) is 25.9 Å². The maximum Gasteiger partial charge on any atom is 0.0728 e. The van der Waals surface area contributed by atoms with Gasteiger partial charge in [0.1, 0.15) is 0 Å². The van der Waals surface area contributed by atoms with Gasteiger partial charge in [0.15, 0.2) is 0 Å². The third-order valence-corrected chi connectivity index (χ3v) is 2.94. The van der Waals surface area contributed by atoms with Gasteiger partial charge in [-0.1, -0.05) is 13.8 Å². The molecule has 0 amide bonds. The van der Waals surface area contributed by atoms with Gasteiger partial charge in [0.05, 0.1) is 12.2 Å². The predicted octanol–water partition coefficient (Wildman–Crippen LogP) is 1.30. The molecular weight excluding hydrogens is 178 g/mol. The number of hydrogen-bond donors (Lipinski definition) is 2. The van der Waals surface area contributed by atoms with Crippen LogP contribution < -0.4 is 5.32 Å². The molecular formula is C11H23NO2. The lowest BCUT2D eigenvalue weighted by molar-refractivity contribution is 0.0695. The molecule has 0 bridgehead atoms. The van der Waals surface area contributed by atoms with Gasteiger partial charge >= 0.3 is 0 Å². The van der Waals surface area contributed by atoms with E-state index in [1.54, 1.807) is 0 Å². The number of aliphatic hydroxyl groups excluding tert-OH is 1. The molecule has 1 rings (SSSR count). The number of rotatable bonds is 6. The first-order valence-corrected chi connectivity index (χ1v) is 5.81. The Bertz CT molecular complexity index is 146. The van der Waals surface area contributed by atoms with Gasteiger partial charge in [0.25, 0.3) is 0 Å². The summed E-state index contributed by atoms with van der Waals surface area (Å²) < 4.78 is 5.63. The second-order valence-electron chi connectivity index (χ2n) is 4.04. The van der Waals surface area contributed by atoms with Gasteiger partial charge in [-0.2, -0.15) is 0 Å². The topological polar surface area (TPSA) is 41.5 Å². The van der Waals surface area contributed by atoms with Crippen LogP contribution in [0.15, 0.2) is 0 Å². The van der Waals surface area contributed by atoms with Gasteiger partial charge in [-0.3, -0.25) is 0 Å². The molecule has 0 spiro atoms. The van der Waals surface area contributed by atoms with Crippen molar-refractivity contribution in [3.8, 4) is 0 Å². The Morgan fingerprint density at radius 3 is 2.71 bits per heavy atom. The molecule has 84 valence electrons. The molecule has 0 aliphatic carbocycles. The van der Waals surface area contributed by atoms with Gasteiger partial charge in [-0.25, -0.2) is 0 Å². The second kappa shape index (κ2) is 6.38. The van der Waals surface area contributed by atoms with Crippen molar-refractivity contribution in [1.82, 2.24) is 5.32 Å². The molecule has 1 aliphatic heterocycles. The number of hydrogen-bond acceptors (Lipinski definition) is 3. The van der Waals surface area contributed by atoms with Gasteiger partial charge in [0, 0.05) is 19.2 Å².